The van der Waals surface area contributed by atoms with Crippen LogP contribution in [0.2, 0.25) is 0 Å². The second-order valence-corrected chi connectivity index (χ2v) is 6.92. The fourth-order valence-corrected chi connectivity index (χ4v) is 2.36. The lowest BCUT2D eigenvalue weighted by Crippen LogP contribution is -2.32. The highest BCUT2D eigenvalue weighted by Gasteiger charge is 2.24. The number of amides is 1. The number of carbonyl (C=O) groups excluding carboxylic acids is 1. The van der Waals surface area contributed by atoms with Crippen LogP contribution in [0.15, 0.2) is 22.7 Å². The second kappa shape index (κ2) is 6.53. The average Bonchev–Trinajstić information content (AvgIpc) is 2.30. The molecule has 1 unspecified atom stereocenters. The van der Waals surface area contributed by atoms with Crippen LogP contribution in [-0.2, 0) is 4.79 Å². The first kappa shape index (κ1) is 16.2. The molecule has 1 aromatic carbocycles. The van der Waals surface area contributed by atoms with Crippen molar-refractivity contribution >= 4 is 27.5 Å². The van der Waals surface area contributed by atoms with Crippen LogP contribution in [0.5, 0.6) is 0 Å². The lowest BCUT2D eigenvalue weighted by molar-refractivity contribution is -0.120. The molecule has 0 bridgehead atoms. The summed E-state index contributed by atoms with van der Waals surface area (Å²) >= 11 is 3.50. The third-order valence-electron chi connectivity index (χ3n) is 2.96. The van der Waals surface area contributed by atoms with E-state index in [1.165, 1.54) is 0 Å². The number of rotatable bonds is 4. The molecule has 1 atom stereocenters. The Morgan fingerprint density at radius 3 is 2.58 bits per heavy atom. The van der Waals surface area contributed by atoms with Crippen molar-refractivity contribution in [3.8, 4) is 0 Å². The Morgan fingerprint density at radius 2 is 2.05 bits per heavy atom. The number of hydrogen-bond donors (Lipinski definition) is 2. The van der Waals surface area contributed by atoms with Crippen molar-refractivity contribution in [3.05, 3.63) is 28.2 Å². The molecular weight excluding hydrogens is 304 g/mol. The van der Waals surface area contributed by atoms with Gasteiger partial charge in [0.25, 0.3) is 0 Å². The molecule has 0 saturated carbocycles. The van der Waals surface area contributed by atoms with Crippen LogP contribution >= 0.6 is 15.9 Å². The molecule has 0 saturated heterocycles. The fraction of sp³-hybridized carbons (Fsp3) is 0.533. The fourth-order valence-electron chi connectivity index (χ4n) is 2.00. The van der Waals surface area contributed by atoms with E-state index < -0.39 is 0 Å². The molecular formula is C15H23BrN2O. The number of carbonyl (C=O) groups is 1. The summed E-state index contributed by atoms with van der Waals surface area (Å²) in [6, 6.07) is 5.81. The van der Waals surface area contributed by atoms with Gasteiger partial charge in [-0.25, -0.2) is 0 Å². The van der Waals surface area contributed by atoms with Crippen molar-refractivity contribution in [1.29, 1.82) is 0 Å². The van der Waals surface area contributed by atoms with E-state index in [2.05, 4.69) is 42.0 Å². The summed E-state index contributed by atoms with van der Waals surface area (Å²) in [5, 5.41) is 2.96. The van der Waals surface area contributed by atoms with Gasteiger partial charge < -0.3 is 11.1 Å². The molecule has 0 aliphatic heterocycles. The minimum absolute atomic E-state index is 0.0104. The van der Waals surface area contributed by atoms with Crippen LogP contribution in [0.1, 0.15) is 32.8 Å². The van der Waals surface area contributed by atoms with Gasteiger partial charge in [-0.15, -0.1) is 0 Å². The van der Waals surface area contributed by atoms with Gasteiger partial charge in [0.2, 0.25) is 5.91 Å². The summed E-state index contributed by atoms with van der Waals surface area (Å²) < 4.78 is 0.926. The largest absolute Gasteiger partial charge is 0.330 e. The highest BCUT2D eigenvalue weighted by molar-refractivity contribution is 9.10. The normalized spacial score (nSPS) is 13.2. The van der Waals surface area contributed by atoms with Crippen molar-refractivity contribution in [1.82, 2.24) is 0 Å². The maximum absolute atomic E-state index is 12.3. The zero-order valence-corrected chi connectivity index (χ0v) is 13.7. The molecule has 0 heterocycles. The molecule has 19 heavy (non-hydrogen) atoms. The van der Waals surface area contributed by atoms with E-state index in [0.29, 0.717) is 6.54 Å². The molecule has 1 aromatic rings. The van der Waals surface area contributed by atoms with E-state index >= 15 is 0 Å². The van der Waals surface area contributed by atoms with Crippen molar-refractivity contribution in [2.45, 2.75) is 34.1 Å². The number of anilines is 1. The lowest BCUT2D eigenvalue weighted by atomic mass is 9.84. The Bertz CT molecular complexity index is 452. The van der Waals surface area contributed by atoms with Gasteiger partial charge in [0.15, 0.2) is 0 Å². The molecule has 0 aromatic heterocycles. The molecule has 1 amide bonds. The zero-order chi connectivity index (χ0) is 14.6. The molecule has 0 fully saturated rings. The first-order valence-electron chi connectivity index (χ1n) is 6.50. The Labute approximate surface area is 124 Å². The summed E-state index contributed by atoms with van der Waals surface area (Å²) in [4.78, 5) is 12.3. The van der Waals surface area contributed by atoms with E-state index in [1.54, 1.807) is 0 Å². The van der Waals surface area contributed by atoms with E-state index in [1.807, 2.05) is 25.1 Å². The molecule has 1 rings (SSSR count). The number of benzene rings is 1. The maximum Gasteiger partial charge on any atom is 0.228 e. The maximum atomic E-state index is 12.3. The quantitative estimate of drug-likeness (QED) is 0.886. The van der Waals surface area contributed by atoms with Crippen LogP contribution in [0.3, 0.4) is 0 Å². The van der Waals surface area contributed by atoms with Gasteiger partial charge in [0, 0.05) is 11.0 Å². The molecule has 0 aliphatic carbocycles. The number of halogens is 1. The SMILES string of the molecule is Cc1cccc(NC(=O)C(CN)CC(C)(C)C)c1Br. The Hall–Kier alpha value is -0.870. The first-order chi connectivity index (χ1) is 8.74. The Kier molecular flexibility index (Phi) is 5.56. The number of aryl methyl sites for hydroxylation is 1. The minimum Gasteiger partial charge on any atom is -0.330 e. The first-order valence-corrected chi connectivity index (χ1v) is 7.30. The molecule has 0 aliphatic rings. The topological polar surface area (TPSA) is 55.1 Å². The van der Waals surface area contributed by atoms with Gasteiger partial charge in [-0.3, -0.25) is 4.79 Å². The molecule has 4 heteroatoms. The summed E-state index contributed by atoms with van der Waals surface area (Å²) in [6.07, 6.45) is 0.777. The second-order valence-electron chi connectivity index (χ2n) is 6.12. The zero-order valence-electron chi connectivity index (χ0n) is 12.1. The van der Waals surface area contributed by atoms with Gasteiger partial charge in [0.05, 0.1) is 11.6 Å². The van der Waals surface area contributed by atoms with Crippen LogP contribution in [0.4, 0.5) is 5.69 Å². The van der Waals surface area contributed by atoms with Crippen LogP contribution in [-0.4, -0.2) is 12.5 Å². The smallest absolute Gasteiger partial charge is 0.228 e. The predicted molar refractivity (Wildman–Crippen MR) is 84.1 cm³/mol. The number of nitrogens with two attached hydrogens (primary N) is 1. The van der Waals surface area contributed by atoms with E-state index in [-0.39, 0.29) is 17.2 Å². The standard InChI is InChI=1S/C15H23BrN2O/c1-10-6-5-7-12(13(10)16)18-14(19)11(9-17)8-15(2,3)4/h5-7,11H,8-9,17H2,1-4H3,(H,18,19). The minimum atomic E-state index is -0.160. The van der Waals surface area contributed by atoms with E-state index in [0.717, 1.165) is 22.1 Å². The predicted octanol–water partition coefficient (Wildman–Crippen LogP) is 3.71. The summed E-state index contributed by atoms with van der Waals surface area (Å²) in [5.74, 6) is -0.170. The van der Waals surface area contributed by atoms with Gasteiger partial charge in [-0.05, 0) is 46.3 Å². The third-order valence-corrected chi connectivity index (χ3v) is 4.02. The molecule has 0 radical (unpaired) electrons. The number of nitrogens with one attached hydrogen (secondary N) is 1. The van der Waals surface area contributed by atoms with Crippen LogP contribution in [0, 0.1) is 18.3 Å². The number of hydrogen-bond acceptors (Lipinski definition) is 2. The van der Waals surface area contributed by atoms with Crippen LogP contribution < -0.4 is 11.1 Å². The Balaban J connectivity index is 2.80. The Morgan fingerprint density at radius 1 is 1.42 bits per heavy atom. The highest BCUT2D eigenvalue weighted by Crippen LogP contribution is 2.28. The van der Waals surface area contributed by atoms with Gasteiger partial charge >= 0.3 is 0 Å². The van der Waals surface area contributed by atoms with Crippen molar-refractivity contribution in [2.24, 2.45) is 17.1 Å². The van der Waals surface area contributed by atoms with E-state index in [4.69, 9.17) is 5.73 Å². The lowest BCUT2D eigenvalue weighted by Gasteiger charge is -2.24. The van der Waals surface area contributed by atoms with Gasteiger partial charge in [-0.1, -0.05) is 32.9 Å². The third kappa shape index (κ3) is 4.96. The molecule has 3 nitrogen and oxygen atoms in total. The van der Waals surface area contributed by atoms with Crippen LogP contribution in [0.25, 0.3) is 0 Å². The summed E-state index contributed by atoms with van der Waals surface area (Å²) in [7, 11) is 0. The van der Waals surface area contributed by atoms with Crippen molar-refractivity contribution < 1.29 is 4.79 Å². The van der Waals surface area contributed by atoms with Crippen molar-refractivity contribution in [3.63, 3.8) is 0 Å². The molecule has 0 spiro atoms. The molecule has 106 valence electrons. The molecule has 3 N–H and O–H groups in total. The van der Waals surface area contributed by atoms with Gasteiger partial charge in [0.1, 0.15) is 0 Å². The van der Waals surface area contributed by atoms with Crippen molar-refractivity contribution in [2.75, 3.05) is 11.9 Å². The average molecular weight is 327 g/mol. The van der Waals surface area contributed by atoms with E-state index in [9.17, 15) is 4.79 Å². The monoisotopic (exact) mass is 326 g/mol. The highest BCUT2D eigenvalue weighted by atomic mass is 79.9. The van der Waals surface area contributed by atoms with Gasteiger partial charge in [-0.2, -0.15) is 0 Å². The summed E-state index contributed by atoms with van der Waals surface area (Å²) in [5.41, 5.74) is 7.72. The summed E-state index contributed by atoms with van der Waals surface area (Å²) in [6.45, 7) is 8.71.